The highest BCUT2D eigenvalue weighted by molar-refractivity contribution is 8.01. The minimum Gasteiger partial charge on any atom is -0.506 e. The van der Waals surface area contributed by atoms with Gasteiger partial charge >= 0.3 is 0 Å². The average molecular weight is 386 g/mol. The first-order valence-corrected chi connectivity index (χ1v) is 9.43. The Bertz CT molecular complexity index is 867. The summed E-state index contributed by atoms with van der Waals surface area (Å²) in [4.78, 5) is 35.2. The minimum atomic E-state index is -0.519. The topological polar surface area (TPSA) is 95.5 Å². The Kier molecular flexibility index (Phi) is 7.01. The lowest BCUT2D eigenvalue weighted by Gasteiger charge is -2.13. The number of anilines is 2. The highest BCUT2D eigenvalue weighted by Crippen LogP contribution is 2.25. The normalized spacial score (nSPS) is 11.5. The first-order valence-electron chi connectivity index (χ1n) is 8.38. The van der Waals surface area contributed by atoms with Crippen LogP contribution in [0.4, 0.5) is 11.4 Å². The number of aryl methyl sites for hydroxylation is 2. The van der Waals surface area contributed by atoms with E-state index < -0.39 is 5.25 Å². The summed E-state index contributed by atoms with van der Waals surface area (Å²) < 4.78 is 0. The number of phenols is 1. The maximum absolute atomic E-state index is 12.3. The van der Waals surface area contributed by atoms with E-state index >= 15 is 0 Å². The van der Waals surface area contributed by atoms with Crippen molar-refractivity contribution in [3.63, 3.8) is 0 Å². The highest BCUT2D eigenvalue weighted by Gasteiger charge is 2.17. The molecule has 0 spiro atoms. The maximum atomic E-state index is 12.3. The van der Waals surface area contributed by atoms with E-state index in [9.17, 15) is 19.5 Å². The number of thioether (sulfide) groups is 1. The summed E-state index contributed by atoms with van der Waals surface area (Å²) in [6, 6.07) is 9.86. The van der Waals surface area contributed by atoms with Gasteiger partial charge in [0.25, 0.3) is 0 Å². The molecular formula is C20H22N2O4S. The lowest BCUT2D eigenvalue weighted by Crippen LogP contribution is -2.25. The van der Waals surface area contributed by atoms with Crippen LogP contribution in [0.3, 0.4) is 0 Å². The number of aldehydes is 1. The average Bonchev–Trinajstić information content (AvgIpc) is 2.64. The van der Waals surface area contributed by atoms with Gasteiger partial charge in [-0.15, -0.1) is 11.8 Å². The zero-order valence-corrected chi connectivity index (χ0v) is 16.2. The van der Waals surface area contributed by atoms with Crippen molar-refractivity contribution in [2.45, 2.75) is 26.0 Å². The number of rotatable bonds is 7. The summed E-state index contributed by atoms with van der Waals surface area (Å²) in [5.41, 5.74) is 3.46. The number of nitrogens with one attached hydrogen (secondary N) is 2. The smallest absolute Gasteiger partial charge is 0.237 e. The number of amides is 2. The number of phenolic OH excluding ortho intramolecular Hbond substituents is 1. The molecule has 142 valence electrons. The molecule has 2 amide bonds. The van der Waals surface area contributed by atoms with E-state index in [0.29, 0.717) is 11.8 Å². The molecule has 3 N–H and O–H groups in total. The Labute approximate surface area is 162 Å². The summed E-state index contributed by atoms with van der Waals surface area (Å²) in [6.07, 6.45) is 0.629. The molecule has 2 rings (SSSR count). The summed E-state index contributed by atoms with van der Waals surface area (Å²) >= 11 is 1.18. The standard InChI is InChI=1S/C20H22N2O4S/c1-12-4-6-16(8-13(12)2)21-19(25)11-27-14(3)20(26)22-17-9-15(10-23)5-7-18(17)24/h4-10,14,24H,11H2,1-3H3,(H,21,25)(H,22,26). The van der Waals surface area contributed by atoms with Crippen LogP contribution in [0.15, 0.2) is 36.4 Å². The summed E-state index contributed by atoms with van der Waals surface area (Å²) in [5, 5.41) is 14.6. The van der Waals surface area contributed by atoms with Crippen molar-refractivity contribution in [2.75, 3.05) is 16.4 Å². The van der Waals surface area contributed by atoms with E-state index in [1.54, 1.807) is 6.92 Å². The lowest BCUT2D eigenvalue weighted by atomic mass is 10.1. The van der Waals surface area contributed by atoms with Crippen molar-refractivity contribution < 1.29 is 19.5 Å². The monoisotopic (exact) mass is 386 g/mol. The molecule has 0 aromatic heterocycles. The quantitative estimate of drug-likeness (QED) is 0.500. The van der Waals surface area contributed by atoms with Crippen LogP contribution < -0.4 is 10.6 Å². The fourth-order valence-electron chi connectivity index (χ4n) is 2.25. The molecule has 0 saturated heterocycles. The summed E-state index contributed by atoms with van der Waals surface area (Å²) in [7, 11) is 0. The molecule has 0 aliphatic rings. The SMILES string of the molecule is Cc1ccc(NC(=O)CSC(C)C(=O)Nc2cc(C=O)ccc2O)cc1C. The molecule has 2 aromatic rings. The number of aromatic hydroxyl groups is 1. The van der Waals surface area contributed by atoms with Crippen molar-refractivity contribution >= 4 is 41.2 Å². The zero-order chi connectivity index (χ0) is 20.0. The maximum Gasteiger partial charge on any atom is 0.237 e. The molecule has 0 heterocycles. The van der Waals surface area contributed by atoms with E-state index in [4.69, 9.17) is 0 Å². The van der Waals surface area contributed by atoms with Crippen LogP contribution in [0, 0.1) is 13.8 Å². The van der Waals surface area contributed by atoms with Crippen LogP contribution >= 0.6 is 11.8 Å². The fourth-order valence-corrected chi connectivity index (χ4v) is 2.94. The Hall–Kier alpha value is -2.80. The van der Waals surface area contributed by atoms with E-state index in [1.165, 1.54) is 30.0 Å². The second-order valence-electron chi connectivity index (χ2n) is 6.18. The number of hydrogen-bond donors (Lipinski definition) is 3. The van der Waals surface area contributed by atoms with E-state index in [0.717, 1.165) is 16.8 Å². The van der Waals surface area contributed by atoms with Crippen molar-refractivity contribution in [3.8, 4) is 5.75 Å². The first-order chi connectivity index (χ1) is 12.8. The molecular weight excluding hydrogens is 364 g/mol. The van der Waals surface area contributed by atoms with Gasteiger partial charge in [-0.25, -0.2) is 0 Å². The Balaban J connectivity index is 1.88. The third-order valence-electron chi connectivity index (χ3n) is 4.04. The number of carbonyl (C=O) groups is 3. The van der Waals surface area contributed by atoms with Gasteiger partial charge in [0.15, 0.2) is 0 Å². The van der Waals surface area contributed by atoms with Crippen LogP contribution in [0.2, 0.25) is 0 Å². The molecule has 0 aliphatic carbocycles. The largest absolute Gasteiger partial charge is 0.506 e. The van der Waals surface area contributed by atoms with Gasteiger partial charge in [-0.3, -0.25) is 14.4 Å². The molecule has 2 aromatic carbocycles. The minimum absolute atomic E-state index is 0.113. The Morgan fingerprint density at radius 2 is 1.85 bits per heavy atom. The van der Waals surface area contributed by atoms with Crippen LogP contribution in [0.25, 0.3) is 0 Å². The molecule has 0 radical (unpaired) electrons. The highest BCUT2D eigenvalue weighted by atomic mass is 32.2. The number of hydrogen-bond acceptors (Lipinski definition) is 5. The van der Waals surface area contributed by atoms with E-state index in [1.807, 2.05) is 32.0 Å². The molecule has 6 nitrogen and oxygen atoms in total. The van der Waals surface area contributed by atoms with Gasteiger partial charge in [-0.1, -0.05) is 6.07 Å². The molecule has 0 bridgehead atoms. The van der Waals surface area contributed by atoms with Gasteiger partial charge in [0.2, 0.25) is 11.8 Å². The van der Waals surface area contributed by atoms with Crippen molar-refractivity contribution in [1.29, 1.82) is 0 Å². The van der Waals surface area contributed by atoms with Gasteiger partial charge in [0.05, 0.1) is 16.7 Å². The molecule has 1 unspecified atom stereocenters. The Morgan fingerprint density at radius 3 is 2.52 bits per heavy atom. The van der Waals surface area contributed by atoms with Crippen LogP contribution in [0.5, 0.6) is 5.75 Å². The van der Waals surface area contributed by atoms with Gasteiger partial charge in [-0.05, 0) is 62.2 Å². The van der Waals surface area contributed by atoms with Crippen LogP contribution in [-0.4, -0.2) is 34.2 Å². The second kappa shape index (κ2) is 9.23. The molecule has 0 fully saturated rings. The molecule has 1 atom stereocenters. The van der Waals surface area contributed by atoms with E-state index in [2.05, 4.69) is 10.6 Å². The summed E-state index contributed by atoms with van der Waals surface area (Å²) in [5.74, 6) is -0.577. The predicted octanol–water partition coefficient (Wildman–Crippen LogP) is 3.52. The fraction of sp³-hybridized carbons (Fsp3) is 0.250. The van der Waals surface area contributed by atoms with Gasteiger partial charge in [0, 0.05) is 11.3 Å². The third-order valence-corrected chi connectivity index (χ3v) is 5.18. The first kappa shape index (κ1) is 20.5. The number of carbonyl (C=O) groups excluding carboxylic acids is 3. The third kappa shape index (κ3) is 5.86. The Morgan fingerprint density at radius 1 is 1.11 bits per heavy atom. The van der Waals surface area contributed by atoms with Crippen LogP contribution in [-0.2, 0) is 9.59 Å². The van der Waals surface area contributed by atoms with E-state index in [-0.39, 0.29) is 29.0 Å². The van der Waals surface area contributed by atoms with Crippen molar-refractivity contribution in [1.82, 2.24) is 0 Å². The molecule has 27 heavy (non-hydrogen) atoms. The van der Waals surface area contributed by atoms with Gasteiger partial charge < -0.3 is 15.7 Å². The molecule has 7 heteroatoms. The lowest BCUT2D eigenvalue weighted by molar-refractivity contribution is -0.115. The zero-order valence-electron chi connectivity index (χ0n) is 15.4. The molecule has 0 saturated carbocycles. The van der Waals surface area contributed by atoms with Gasteiger partial charge in [-0.2, -0.15) is 0 Å². The summed E-state index contributed by atoms with van der Waals surface area (Å²) in [6.45, 7) is 5.64. The van der Waals surface area contributed by atoms with Gasteiger partial charge in [0.1, 0.15) is 12.0 Å². The second-order valence-corrected chi connectivity index (χ2v) is 7.51. The van der Waals surface area contributed by atoms with Crippen molar-refractivity contribution in [3.05, 3.63) is 53.1 Å². The predicted molar refractivity (Wildman–Crippen MR) is 109 cm³/mol. The number of benzene rings is 2. The molecule has 0 aliphatic heterocycles. The van der Waals surface area contributed by atoms with Crippen molar-refractivity contribution in [2.24, 2.45) is 0 Å². The van der Waals surface area contributed by atoms with Crippen LogP contribution in [0.1, 0.15) is 28.4 Å².